The quantitative estimate of drug-likeness (QED) is 0.472. The maximum atomic E-state index is 8.95. The molecule has 0 fully saturated rings. The second-order valence-electron chi connectivity index (χ2n) is 3.93. The van der Waals surface area contributed by atoms with E-state index in [1.807, 2.05) is 6.07 Å². The number of nitrogen functional groups attached to an aromatic ring is 1. The van der Waals surface area contributed by atoms with E-state index < -0.39 is 7.12 Å². The molecule has 3 nitrogen and oxygen atoms in total. The summed E-state index contributed by atoms with van der Waals surface area (Å²) in [5.74, 6) is 0.569. The highest BCUT2D eigenvalue weighted by atomic mass is 16.4. The lowest BCUT2D eigenvalue weighted by Gasteiger charge is -2.09. The lowest BCUT2D eigenvalue weighted by Crippen LogP contribution is -2.32. The van der Waals surface area contributed by atoms with Crippen molar-refractivity contribution in [1.82, 2.24) is 0 Å². The Morgan fingerprint density at radius 1 is 1.36 bits per heavy atom. The number of hydrogen-bond acceptors (Lipinski definition) is 3. The zero-order valence-corrected chi connectivity index (χ0v) is 8.57. The van der Waals surface area contributed by atoms with Crippen molar-refractivity contribution in [3.63, 3.8) is 0 Å². The van der Waals surface area contributed by atoms with E-state index >= 15 is 0 Å². The van der Waals surface area contributed by atoms with Gasteiger partial charge in [-0.15, -0.1) is 0 Å². The van der Waals surface area contributed by atoms with Crippen molar-refractivity contribution in [2.24, 2.45) is 5.92 Å². The first-order valence-electron chi connectivity index (χ1n) is 4.75. The first kappa shape index (κ1) is 11.1. The fraction of sp³-hybridized carbons (Fsp3) is 0.400. The molecule has 1 aromatic rings. The lowest BCUT2D eigenvalue weighted by atomic mass is 9.78. The van der Waals surface area contributed by atoms with Crippen molar-refractivity contribution in [2.45, 2.75) is 20.3 Å². The first-order chi connectivity index (χ1) is 6.50. The van der Waals surface area contributed by atoms with Gasteiger partial charge in [-0.1, -0.05) is 26.0 Å². The molecule has 76 valence electrons. The van der Waals surface area contributed by atoms with Gasteiger partial charge in [0, 0.05) is 11.2 Å². The topological polar surface area (TPSA) is 66.5 Å². The molecule has 0 atom stereocenters. The molecule has 0 heterocycles. The minimum absolute atomic E-state index is 0.373. The van der Waals surface area contributed by atoms with Crippen LogP contribution >= 0.6 is 0 Å². The van der Waals surface area contributed by atoms with E-state index in [9.17, 15) is 0 Å². The van der Waals surface area contributed by atoms with Crippen molar-refractivity contribution in [1.29, 1.82) is 0 Å². The highest BCUT2D eigenvalue weighted by molar-refractivity contribution is 6.60. The van der Waals surface area contributed by atoms with Gasteiger partial charge in [-0.3, -0.25) is 0 Å². The van der Waals surface area contributed by atoms with Gasteiger partial charge in [0.25, 0.3) is 0 Å². The minimum Gasteiger partial charge on any atom is -0.423 e. The molecule has 0 aliphatic rings. The van der Waals surface area contributed by atoms with E-state index in [2.05, 4.69) is 13.8 Å². The summed E-state index contributed by atoms with van der Waals surface area (Å²) in [6, 6.07) is 5.34. The number of anilines is 1. The van der Waals surface area contributed by atoms with Crippen LogP contribution in [0.15, 0.2) is 18.2 Å². The van der Waals surface area contributed by atoms with Crippen LogP contribution in [-0.4, -0.2) is 17.2 Å². The van der Waals surface area contributed by atoms with Crippen molar-refractivity contribution < 1.29 is 10.0 Å². The van der Waals surface area contributed by atoms with Crippen molar-refractivity contribution in [2.75, 3.05) is 5.73 Å². The summed E-state index contributed by atoms with van der Waals surface area (Å²) in [6.45, 7) is 4.26. The van der Waals surface area contributed by atoms with Gasteiger partial charge in [0.05, 0.1) is 0 Å². The Kier molecular flexibility index (Phi) is 3.55. The Morgan fingerprint density at radius 2 is 2.00 bits per heavy atom. The maximum Gasteiger partial charge on any atom is 0.490 e. The van der Waals surface area contributed by atoms with E-state index in [-0.39, 0.29) is 0 Å². The molecule has 4 heteroatoms. The Hall–Kier alpha value is -0.995. The Morgan fingerprint density at radius 3 is 2.43 bits per heavy atom. The molecule has 1 aromatic carbocycles. The molecule has 0 radical (unpaired) electrons. The van der Waals surface area contributed by atoms with Crippen LogP contribution in [0.3, 0.4) is 0 Å². The van der Waals surface area contributed by atoms with Crippen LogP contribution in [0.1, 0.15) is 19.4 Å². The van der Waals surface area contributed by atoms with E-state index in [1.165, 1.54) is 0 Å². The number of rotatable bonds is 3. The van der Waals surface area contributed by atoms with Crippen LogP contribution in [0.25, 0.3) is 0 Å². The summed E-state index contributed by atoms with van der Waals surface area (Å²) in [7, 11) is -1.48. The molecule has 1 rings (SSSR count). The molecule has 0 bridgehead atoms. The summed E-state index contributed by atoms with van der Waals surface area (Å²) < 4.78 is 0. The zero-order valence-electron chi connectivity index (χ0n) is 8.57. The molecule has 0 spiro atoms. The van der Waals surface area contributed by atoms with Gasteiger partial charge in [0.2, 0.25) is 0 Å². The summed E-state index contributed by atoms with van der Waals surface area (Å²) >= 11 is 0. The molecule has 14 heavy (non-hydrogen) atoms. The van der Waals surface area contributed by atoms with Crippen LogP contribution < -0.4 is 11.2 Å². The predicted molar refractivity (Wildman–Crippen MR) is 59.2 cm³/mol. The third kappa shape index (κ3) is 2.75. The fourth-order valence-corrected chi connectivity index (χ4v) is 1.46. The Balaban J connectivity index is 2.89. The van der Waals surface area contributed by atoms with Crippen molar-refractivity contribution >= 4 is 18.3 Å². The van der Waals surface area contributed by atoms with Gasteiger partial charge < -0.3 is 15.8 Å². The van der Waals surface area contributed by atoms with E-state index in [4.69, 9.17) is 15.8 Å². The molecule has 0 saturated carbocycles. The van der Waals surface area contributed by atoms with Crippen LogP contribution in [-0.2, 0) is 6.42 Å². The number of hydrogen-bond donors (Lipinski definition) is 3. The highest BCUT2D eigenvalue weighted by Gasteiger charge is 2.14. The summed E-state index contributed by atoms with van der Waals surface area (Å²) in [5.41, 5.74) is 7.62. The van der Waals surface area contributed by atoms with Gasteiger partial charge in [0.1, 0.15) is 0 Å². The largest absolute Gasteiger partial charge is 0.490 e. The van der Waals surface area contributed by atoms with Crippen LogP contribution in [0.4, 0.5) is 5.69 Å². The first-order valence-corrected chi connectivity index (χ1v) is 4.75. The van der Waals surface area contributed by atoms with Gasteiger partial charge in [-0.05, 0) is 24.0 Å². The van der Waals surface area contributed by atoms with E-state index in [1.54, 1.807) is 12.1 Å². The second kappa shape index (κ2) is 4.48. The smallest absolute Gasteiger partial charge is 0.423 e. The molecule has 4 N–H and O–H groups in total. The Labute approximate surface area is 84.7 Å². The molecule has 0 aliphatic carbocycles. The van der Waals surface area contributed by atoms with Crippen LogP contribution in [0.2, 0.25) is 0 Å². The van der Waals surface area contributed by atoms with Gasteiger partial charge in [-0.25, -0.2) is 0 Å². The molecule has 0 saturated heterocycles. The lowest BCUT2D eigenvalue weighted by molar-refractivity contribution is 0.426. The molecular weight excluding hydrogens is 177 g/mol. The van der Waals surface area contributed by atoms with E-state index in [0.717, 1.165) is 12.0 Å². The number of benzene rings is 1. The molecule has 0 unspecified atom stereocenters. The third-order valence-corrected chi connectivity index (χ3v) is 2.07. The second-order valence-corrected chi connectivity index (χ2v) is 3.93. The molecular formula is C10H16BNO2. The van der Waals surface area contributed by atoms with Gasteiger partial charge >= 0.3 is 7.12 Å². The predicted octanol–water partition coefficient (Wildman–Crippen LogP) is 0.147. The van der Waals surface area contributed by atoms with E-state index in [0.29, 0.717) is 17.1 Å². The summed E-state index contributed by atoms with van der Waals surface area (Å²) in [4.78, 5) is 0. The zero-order chi connectivity index (χ0) is 10.7. The van der Waals surface area contributed by atoms with Crippen molar-refractivity contribution in [3.05, 3.63) is 23.8 Å². The van der Waals surface area contributed by atoms with Gasteiger partial charge in [0.15, 0.2) is 0 Å². The average molecular weight is 193 g/mol. The maximum absolute atomic E-state index is 8.95. The van der Waals surface area contributed by atoms with Crippen LogP contribution in [0, 0.1) is 5.92 Å². The molecule has 0 aromatic heterocycles. The molecule has 0 aliphatic heterocycles. The SMILES string of the molecule is CC(C)Cc1ccc(B(O)O)c(N)c1. The third-order valence-electron chi connectivity index (χ3n) is 2.07. The number of nitrogens with two attached hydrogens (primary N) is 1. The standard InChI is InChI=1S/C10H16BNO2/c1-7(2)5-8-3-4-9(11(13)14)10(12)6-8/h3-4,6-7,13-14H,5,12H2,1-2H3. The van der Waals surface area contributed by atoms with Crippen LogP contribution in [0.5, 0.6) is 0 Å². The normalized spacial score (nSPS) is 10.6. The average Bonchev–Trinajstić information content (AvgIpc) is 2.01. The molecule has 0 amide bonds. The van der Waals surface area contributed by atoms with Gasteiger partial charge in [-0.2, -0.15) is 0 Å². The summed E-state index contributed by atoms with van der Waals surface area (Å²) in [5, 5.41) is 17.9. The monoisotopic (exact) mass is 193 g/mol. The summed E-state index contributed by atoms with van der Waals surface area (Å²) in [6.07, 6.45) is 0.950. The van der Waals surface area contributed by atoms with Crippen molar-refractivity contribution in [3.8, 4) is 0 Å². The Bertz CT molecular complexity index is 313. The fourth-order valence-electron chi connectivity index (χ4n) is 1.46. The minimum atomic E-state index is -1.48. The highest BCUT2D eigenvalue weighted by Crippen LogP contribution is 2.10.